The monoisotopic (exact) mass is 448 g/mol. The number of carbonyl (C=O) groups is 1. The molecule has 0 fully saturated rings. The van der Waals surface area contributed by atoms with E-state index in [1.54, 1.807) is 25.3 Å². The van der Waals surface area contributed by atoms with Crippen LogP contribution in [0.3, 0.4) is 0 Å². The van der Waals surface area contributed by atoms with E-state index in [0.29, 0.717) is 22.6 Å². The van der Waals surface area contributed by atoms with Gasteiger partial charge in [-0.15, -0.1) is 0 Å². The third-order valence-electron chi connectivity index (χ3n) is 5.61. The maximum Gasteiger partial charge on any atom is 0.307 e. The summed E-state index contributed by atoms with van der Waals surface area (Å²) in [5.74, 6) is -0.530. The zero-order chi connectivity index (χ0) is 23.5. The van der Waals surface area contributed by atoms with Crippen molar-refractivity contribution in [3.63, 3.8) is 0 Å². The Kier molecular flexibility index (Phi) is 6.27. The van der Waals surface area contributed by atoms with Crippen LogP contribution in [0.5, 0.6) is 11.5 Å². The van der Waals surface area contributed by atoms with E-state index in [-0.39, 0.29) is 18.8 Å². The van der Waals surface area contributed by atoms with Crippen molar-refractivity contribution in [2.75, 3.05) is 7.11 Å². The molecule has 0 unspecified atom stereocenters. The number of aliphatic carboxylic acids is 1. The van der Waals surface area contributed by atoms with Gasteiger partial charge >= 0.3 is 5.97 Å². The molecule has 0 aliphatic heterocycles. The summed E-state index contributed by atoms with van der Waals surface area (Å²) in [6.45, 7) is 2.10. The second kappa shape index (κ2) is 9.28. The van der Waals surface area contributed by atoms with E-state index in [4.69, 9.17) is 9.47 Å². The number of rotatable bonds is 7. The van der Waals surface area contributed by atoms with Crippen LogP contribution >= 0.6 is 0 Å². The lowest BCUT2D eigenvalue weighted by Gasteiger charge is -2.12. The number of hydrogen-bond donors (Lipinski definition) is 1. The smallest absolute Gasteiger partial charge is 0.307 e. The Morgan fingerprint density at radius 3 is 2.39 bits per heavy atom. The van der Waals surface area contributed by atoms with E-state index in [2.05, 4.69) is 0 Å². The number of benzene rings is 3. The number of carboxylic acids is 1. The fourth-order valence-electron chi connectivity index (χ4n) is 3.96. The van der Waals surface area contributed by atoms with Crippen LogP contribution in [0.4, 0.5) is 8.78 Å². The number of halogens is 2. The number of methoxy groups -OCH3 is 1. The molecule has 0 saturated carbocycles. The average Bonchev–Trinajstić information content (AvgIpc) is 3.04. The molecule has 0 radical (unpaired) electrons. The fraction of sp³-hybridized carbons (Fsp3) is 0.148. The van der Waals surface area contributed by atoms with E-state index in [1.807, 2.05) is 31.2 Å². The van der Waals surface area contributed by atoms with Crippen molar-refractivity contribution in [3.05, 3.63) is 100 Å². The minimum atomic E-state index is -0.965. The first-order valence-corrected chi connectivity index (χ1v) is 10.3. The summed E-state index contributed by atoms with van der Waals surface area (Å²) < 4.78 is 38.2. The van der Waals surface area contributed by atoms with Crippen LogP contribution in [0.25, 0.3) is 17.2 Å². The van der Waals surface area contributed by atoms with E-state index in [1.165, 1.54) is 24.3 Å². The standard InChI is InChI=1S/C27H22F2O4/c1-16-23(22-10-7-20(29)13-25(22)24(16)14-27(30)31)11-17-3-4-18(26(12-17)32-2)15-33-21-8-5-19(28)6-9-21/h3-13H,14-15H2,1-2H3,(H,30,31)/b23-11-. The predicted octanol–water partition coefficient (Wildman–Crippen LogP) is 6.35. The molecule has 168 valence electrons. The molecule has 0 aromatic heterocycles. The van der Waals surface area contributed by atoms with Crippen molar-refractivity contribution in [3.8, 4) is 11.5 Å². The van der Waals surface area contributed by atoms with Crippen LogP contribution in [0.15, 0.2) is 66.2 Å². The molecular weight excluding hydrogens is 426 g/mol. The molecule has 0 spiro atoms. The summed E-state index contributed by atoms with van der Waals surface area (Å²) in [7, 11) is 1.57. The van der Waals surface area contributed by atoms with E-state index >= 15 is 0 Å². The highest BCUT2D eigenvalue weighted by Crippen LogP contribution is 2.44. The van der Waals surface area contributed by atoms with Gasteiger partial charge in [-0.3, -0.25) is 4.79 Å². The molecule has 6 heteroatoms. The Morgan fingerprint density at radius 2 is 1.70 bits per heavy atom. The molecule has 4 rings (SSSR count). The highest BCUT2D eigenvalue weighted by Gasteiger charge is 2.25. The molecule has 4 nitrogen and oxygen atoms in total. The van der Waals surface area contributed by atoms with Crippen molar-refractivity contribution in [1.29, 1.82) is 0 Å². The van der Waals surface area contributed by atoms with Crippen molar-refractivity contribution in [1.82, 2.24) is 0 Å². The highest BCUT2D eigenvalue weighted by molar-refractivity contribution is 6.07. The first kappa shape index (κ1) is 22.3. The summed E-state index contributed by atoms with van der Waals surface area (Å²) in [4.78, 5) is 11.4. The molecule has 33 heavy (non-hydrogen) atoms. The van der Waals surface area contributed by atoms with Gasteiger partial charge in [-0.1, -0.05) is 18.2 Å². The lowest BCUT2D eigenvalue weighted by Crippen LogP contribution is -1.99. The van der Waals surface area contributed by atoms with Crippen molar-refractivity contribution in [2.24, 2.45) is 0 Å². The van der Waals surface area contributed by atoms with E-state index in [0.717, 1.165) is 27.8 Å². The van der Waals surface area contributed by atoms with Crippen LogP contribution in [-0.2, 0) is 11.4 Å². The first-order chi connectivity index (χ1) is 15.9. The summed E-state index contributed by atoms with van der Waals surface area (Å²) in [6, 6.07) is 15.9. The summed E-state index contributed by atoms with van der Waals surface area (Å²) in [5.41, 5.74) is 5.33. The van der Waals surface area contributed by atoms with Gasteiger partial charge in [-0.25, -0.2) is 8.78 Å². The third kappa shape index (κ3) is 4.80. The normalized spacial score (nSPS) is 13.9. The van der Waals surface area contributed by atoms with Crippen molar-refractivity contribution < 1.29 is 28.2 Å². The third-order valence-corrected chi connectivity index (χ3v) is 5.61. The second-order valence-corrected chi connectivity index (χ2v) is 7.74. The molecule has 0 atom stereocenters. The quantitative estimate of drug-likeness (QED) is 0.457. The minimum Gasteiger partial charge on any atom is -0.496 e. The van der Waals surface area contributed by atoms with Gasteiger partial charge in [0.25, 0.3) is 0 Å². The number of carboxylic acid groups (broad SMARTS) is 1. The van der Waals surface area contributed by atoms with Gasteiger partial charge in [0, 0.05) is 5.56 Å². The Morgan fingerprint density at radius 1 is 0.970 bits per heavy atom. The molecule has 0 heterocycles. The van der Waals surface area contributed by atoms with Crippen LogP contribution in [0.2, 0.25) is 0 Å². The van der Waals surface area contributed by atoms with Gasteiger partial charge in [0.2, 0.25) is 0 Å². The molecular formula is C27H22F2O4. The van der Waals surface area contributed by atoms with Crippen LogP contribution in [-0.4, -0.2) is 18.2 Å². The van der Waals surface area contributed by atoms with Gasteiger partial charge in [0.1, 0.15) is 29.7 Å². The summed E-state index contributed by atoms with van der Waals surface area (Å²) >= 11 is 0. The molecule has 1 aliphatic carbocycles. The lowest BCUT2D eigenvalue weighted by molar-refractivity contribution is -0.135. The molecule has 1 aliphatic rings. The zero-order valence-electron chi connectivity index (χ0n) is 18.2. The van der Waals surface area contributed by atoms with Crippen molar-refractivity contribution in [2.45, 2.75) is 20.0 Å². The minimum absolute atomic E-state index is 0.178. The summed E-state index contributed by atoms with van der Waals surface area (Å²) in [5, 5.41) is 9.31. The number of ether oxygens (including phenoxy) is 2. The largest absolute Gasteiger partial charge is 0.496 e. The number of fused-ring (bicyclic) bond motifs is 1. The van der Waals surface area contributed by atoms with E-state index < -0.39 is 11.8 Å². The van der Waals surface area contributed by atoms with Gasteiger partial charge < -0.3 is 14.6 Å². The van der Waals surface area contributed by atoms with E-state index in [9.17, 15) is 18.7 Å². The highest BCUT2D eigenvalue weighted by atomic mass is 19.1. The zero-order valence-corrected chi connectivity index (χ0v) is 18.2. The van der Waals surface area contributed by atoms with Crippen LogP contribution in [0.1, 0.15) is 35.6 Å². The second-order valence-electron chi connectivity index (χ2n) is 7.74. The maximum absolute atomic E-state index is 13.9. The Hall–Kier alpha value is -3.93. The Balaban J connectivity index is 1.65. The molecule has 3 aromatic carbocycles. The Bertz CT molecular complexity index is 1270. The van der Waals surface area contributed by atoms with Gasteiger partial charge in [-0.2, -0.15) is 0 Å². The molecule has 3 aromatic rings. The van der Waals surface area contributed by atoms with Crippen LogP contribution in [0, 0.1) is 11.6 Å². The molecule has 0 amide bonds. The number of allylic oxidation sites excluding steroid dienone is 2. The molecule has 1 N–H and O–H groups in total. The average molecular weight is 448 g/mol. The molecule has 0 bridgehead atoms. The molecule has 0 saturated heterocycles. The number of hydrogen-bond acceptors (Lipinski definition) is 3. The van der Waals surface area contributed by atoms with Crippen molar-refractivity contribution >= 4 is 23.2 Å². The fourth-order valence-corrected chi connectivity index (χ4v) is 3.96. The Labute approximate surface area is 190 Å². The maximum atomic E-state index is 13.9. The van der Waals surface area contributed by atoms with Gasteiger partial charge in [0.05, 0.1) is 13.5 Å². The van der Waals surface area contributed by atoms with Gasteiger partial charge in [0.15, 0.2) is 0 Å². The topological polar surface area (TPSA) is 55.8 Å². The predicted molar refractivity (Wildman–Crippen MR) is 123 cm³/mol. The van der Waals surface area contributed by atoms with Gasteiger partial charge in [-0.05, 0) is 88.9 Å². The summed E-state index contributed by atoms with van der Waals surface area (Å²) in [6.07, 6.45) is 1.76. The van der Waals surface area contributed by atoms with Crippen LogP contribution < -0.4 is 9.47 Å². The SMILES string of the molecule is COc1cc(/C=C2/C(C)=C(CC(=O)O)c3cc(F)ccc32)ccc1COc1ccc(F)cc1. The first-order valence-electron chi connectivity index (χ1n) is 10.3. The lowest BCUT2D eigenvalue weighted by atomic mass is 10.00.